The zero-order valence-electron chi connectivity index (χ0n) is 11.9. The van der Waals surface area contributed by atoms with E-state index in [2.05, 4.69) is 20.6 Å². The van der Waals surface area contributed by atoms with E-state index in [1.54, 1.807) is 11.3 Å². The van der Waals surface area contributed by atoms with Crippen LogP contribution in [0.5, 0.6) is 0 Å². The van der Waals surface area contributed by atoms with Crippen molar-refractivity contribution in [2.45, 2.75) is 44.9 Å². The molecule has 1 aromatic heterocycles. The van der Waals surface area contributed by atoms with Gasteiger partial charge < -0.3 is 10.2 Å². The first-order valence-corrected chi connectivity index (χ1v) is 8.68. The predicted octanol–water partition coefficient (Wildman–Crippen LogP) is 2.59. The van der Waals surface area contributed by atoms with E-state index in [0.717, 1.165) is 49.7 Å². The van der Waals surface area contributed by atoms with Crippen molar-refractivity contribution >= 4 is 22.4 Å². The lowest BCUT2D eigenvalue weighted by Crippen LogP contribution is -2.31. The van der Waals surface area contributed by atoms with Crippen LogP contribution in [-0.4, -0.2) is 30.5 Å². The maximum atomic E-state index is 11.9. The fraction of sp³-hybridized carbons (Fsp3) is 0.733. The Hall–Kier alpha value is -1.10. The number of nitrogens with zero attached hydrogens (tertiary/aromatic N) is 2. The van der Waals surface area contributed by atoms with E-state index >= 15 is 0 Å². The maximum absolute atomic E-state index is 11.9. The molecule has 0 radical (unpaired) electrons. The van der Waals surface area contributed by atoms with Crippen LogP contribution in [0.3, 0.4) is 0 Å². The topological polar surface area (TPSA) is 45.2 Å². The molecule has 110 valence electrons. The second kappa shape index (κ2) is 6.57. The third-order valence-electron chi connectivity index (χ3n) is 4.32. The van der Waals surface area contributed by atoms with Crippen LogP contribution in [0, 0.1) is 5.92 Å². The molecule has 0 aromatic carbocycles. The zero-order chi connectivity index (χ0) is 13.8. The number of hydrogen-bond donors (Lipinski definition) is 1. The minimum Gasteiger partial charge on any atom is -0.355 e. The molecule has 2 fully saturated rings. The highest BCUT2D eigenvalue weighted by Gasteiger charge is 2.22. The van der Waals surface area contributed by atoms with Crippen molar-refractivity contribution in [1.82, 2.24) is 10.3 Å². The summed E-state index contributed by atoms with van der Waals surface area (Å²) in [6.45, 7) is 3.01. The first-order chi connectivity index (χ1) is 9.83. The smallest absolute Gasteiger partial charge is 0.223 e. The van der Waals surface area contributed by atoms with Crippen LogP contribution < -0.4 is 10.2 Å². The molecule has 0 atom stereocenters. The van der Waals surface area contributed by atoms with Gasteiger partial charge in [0.25, 0.3) is 0 Å². The van der Waals surface area contributed by atoms with Gasteiger partial charge in [-0.1, -0.05) is 12.8 Å². The zero-order valence-corrected chi connectivity index (χ0v) is 12.8. The summed E-state index contributed by atoms with van der Waals surface area (Å²) in [7, 11) is 0. The van der Waals surface area contributed by atoms with Gasteiger partial charge in [0.1, 0.15) is 0 Å². The minimum absolute atomic E-state index is 0.248. The fourth-order valence-electron chi connectivity index (χ4n) is 3.11. The normalized spacial score (nSPS) is 19.7. The molecule has 2 heterocycles. The molecule has 1 aromatic rings. The minimum atomic E-state index is 0.248. The average molecular weight is 293 g/mol. The SMILES string of the molecule is O=C(NCCc1csc(N2CCCC2)n1)C1CCCC1. The number of anilines is 1. The van der Waals surface area contributed by atoms with Gasteiger partial charge in [-0.05, 0) is 25.7 Å². The third kappa shape index (κ3) is 3.32. The van der Waals surface area contributed by atoms with Gasteiger partial charge in [-0.15, -0.1) is 11.3 Å². The van der Waals surface area contributed by atoms with Crippen LogP contribution in [0.4, 0.5) is 5.13 Å². The monoisotopic (exact) mass is 293 g/mol. The van der Waals surface area contributed by atoms with Gasteiger partial charge in [0, 0.05) is 37.4 Å². The number of nitrogens with one attached hydrogen (secondary N) is 1. The Labute approximate surface area is 124 Å². The molecule has 3 rings (SSSR count). The molecule has 0 spiro atoms. The summed E-state index contributed by atoms with van der Waals surface area (Å²) in [4.78, 5) is 19.0. The second-order valence-electron chi connectivity index (χ2n) is 5.84. The second-order valence-corrected chi connectivity index (χ2v) is 6.67. The Morgan fingerprint density at radius 1 is 1.30 bits per heavy atom. The molecule has 1 aliphatic carbocycles. The summed E-state index contributed by atoms with van der Waals surface area (Å²) in [5.74, 6) is 0.517. The van der Waals surface area contributed by atoms with E-state index in [1.807, 2.05) is 0 Å². The van der Waals surface area contributed by atoms with Crippen LogP contribution in [0.1, 0.15) is 44.2 Å². The van der Waals surface area contributed by atoms with Crippen molar-refractivity contribution < 1.29 is 4.79 Å². The van der Waals surface area contributed by atoms with Crippen molar-refractivity contribution in [2.75, 3.05) is 24.5 Å². The standard InChI is InChI=1S/C15H23N3OS/c19-14(12-5-1-2-6-12)16-8-7-13-11-20-15(17-13)18-9-3-4-10-18/h11-12H,1-10H2,(H,16,19). The van der Waals surface area contributed by atoms with Crippen LogP contribution >= 0.6 is 11.3 Å². The van der Waals surface area contributed by atoms with Gasteiger partial charge in [-0.2, -0.15) is 0 Å². The van der Waals surface area contributed by atoms with E-state index in [4.69, 9.17) is 0 Å². The summed E-state index contributed by atoms with van der Waals surface area (Å²) < 4.78 is 0. The summed E-state index contributed by atoms with van der Waals surface area (Å²) >= 11 is 1.73. The molecule has 1 amide bonds. The Kier molecular flexibility index (Phi) is 4.55. The van der Waals surface area contributed by atoms with Crippen LogP contribution in [0.15, 0.2) is 5.38 Å². The number of hydrogen-bond acceptors (Lipinski definition) is 4. The number of carbonyl (C=O) groups is 1. The molecular weight excluding hydrogens is 270 g/mol. The summed E-state index contributed by atoms with van der Waals surface area (Å²) in [6, 6.07) is 0. The Balaban J connectivity index is 1.43. The molecule has 2 aliphatic rings. The highest BCUT2D eigenvalue weighted by molar-refractivity contribution is 7.13. The van der Waals surface area contributed by atoms with Gasteiger partial charge >= 0.3 is 0 Å². The van der Waals surface area contributed by atoms with E-state index in [0.29, 0.717) is 0 Å². The highest BCUT2D eigenvalue weighted by atomic mass is 32.1. The van der Waals surface area contributed by atoms with Gasteiger partial charge in [-0.25, -0.2) is 4.98 Å². The van der Waals surface area contributed by atoms with Crippen LogP contribution in [-0.2, 0) is 11.2 Å². The van der Waals surface area contributed by atoms with E-state index in [-0.39, 0.29) is 11.8 Å². The number of rotatable bonds is 5. The summed E-state index contributed by atoms with van der Waals surface area (Å²) in [5, 5.41) is 6.35. The van der Waals surface area contributed by atoms with Crippen molar-refractivity contribution in [3.05, 3.63) is 11.1 Å². The van der Waals surface area contributed by atoms with Crippen molar-refractivity contribution in [1.29, 1.82) is 0 Å². The molecule has 4 nitrogen and oxygen atoms in total. The number of carbonyl (C=O) groups excluding carboxylic acids is 1. The van der Waals surface area contributed by atoms with Gasteiger partial charge in [0.2, 0.25) is 5.91 Å². The lowest BCUT2D eigenvalue weighted by Gasteiger charge is -2.12. The largest absolute Gasteiger partial charge is 0.355 e. The number of aromatic nitrogens is 1. The molecule has 1 saturated carbocycles. The maximum Gasteiger partial charge on any atom is 0.223 e. The van der Waals surface area contributed by atoms with E-state index in [9.17, 15) is 4.79 Å². The van der Waals surface area contributed by atoms with Crippen molar-refractivity contribution in [3.63, 3.8) is 0 Å². The van der Waals surface area contributed by atoms with Crippen molar-refractivity contribution in [2.24, 2.45) is 5.92 Å². The quantitative estimate of drug-likeness (QED) is 0.907. The fourth-order valence-corrected chi connectivity index (χ4v) is 4.02. The Morgan fingerprint density at radius 3 is 2.80 bits per heavy atom. The third-order valence-corrected chi connectivity index (χ3v) is 5.27. The molecule has 1 aliphatic heterocycles. The molecule has 20 heavy (non-hydrogen) atoms. The first-order valence-electron chi connectivity index (χ1n) is 7.80. The Bertz CT molecular complexity index is 448. The van der Waals surface area contributed by atoms with Gasteiger partial charge in [-0.3, -0.25) is 4.79 Å². The predicted molar refractivity (Wildman–Crippen MR) is 82.2 cm³/mol. The van der Waals surface area contributed by atoms with Crippen LogP contribution in [0.25, 0.3) is 0 Å². The lowest BCUT2D eigenvalue weighted by molar-refractivity contribution is -0.124. The van der Waals surface area contributed by atoms with Gasteiger partial charge in [0.15, 0.2) is 5.13 Å². The van der Waals surface area contributed by atoms with Gasteiger partial charge in [0.05, 0.1) is 5.69 Å². The van der Waals surface area contributed by atoms with E-state index in [1.165, 1.54) is 25.7 Å². The number of thiazole rings is 1. The molecule has 5 heteroatoms. The molecule has 0 bridgehead atoms. The summed E-state index contributed by atoms with van der Waals surface area (Å²) in [6.07, 6.45) is 7.98. The molecule has 1 N–H and O–H groups in total. The summed E-state index contributed by atoms with van der Waals surface area (Å²) in [5.41, 5.74) is 1.11. The average Bonchev–Trinajstić information content (AvgIpc) is 3.20. The number of amides is 1. The van der Waals surface area contributed by atoms with E-state index < -0.39 is 0 Å². The molecular formula is C15H23N3OS. The molecule has 1 saturated heterocycles. The Morgan fingerprint density at radius 2 is 2.05 bits per heavy atom. The van der Waals surface area contributed by atoms with Crippen LogP contribution in [0.2, 0.25) is 0 Å². The first kappa shape index (κ1) is 13.9. The highest BCUT2D eigenvalue weighted by Crippen LogP contribution is 2.25. The lowest BCUT2D eigenvalue weighted by atomic mass is 10.1. The molecule has 0 unspecified atom stereocenters. The van der Waals surface area contributed by atoms with Crippen molar-refractivity contribution in [3.8, 4) is 0 Å².